The smallest absolute Gasteiger partial charge is 0.226 e. The molecule has 0 saturated heterocycles. The Morgan fingerprint density at radius 1 is 1.00 bits per heavy atom. The molecule has 0 radical (unpaired) electrons. The number of allylic oxidation sites excluding steroid dienone is 2. The van der Waals surface area contributed by atoms with Crippen LogP contribution in [0.2, 0.25) is 0 Å². The first-order valence-corrected chi connectivity index (χ1v) is 10.8. The molecule has 32 heavy (non-hydrogen) atoms. The van der Waals surface area contributed by atoms with E-state index in [0.717, 1.165) is 35.2 Å². The van der Waals surface area contributed by atoms with Crippen LogP contribution in [0.4, 0.5) is 5.95 Å². The highest BCUT2D eigenvalue weighted by atomic mass is 16.5. The maximum absolute atomic E-state index is 13.0. The Morgan fingerprint density at radius 2 is 1.81 bits per heavy atom. The number of ether oxygens (including phenoxy) is 2. The van der Waals surface area contributed by atoms with Crippen molar-refractivity contribution < 1.29 is 14.3 Å². The van der Waals surface area contributed by atoms with E-state index in [1.165, 1.54) is 11.1 Å². The standard InChI is InChI=1S/C25H26N4O3/c1-14-8-9-17(12-15(14)2)24-27-25-26-18-6-5-7-19(30)22(18)23(29(25)28-24)16-10-11-20(31-3)21(13-16)32-4/h8-13,23H,5-7H2,1-4H3,(H,26,27,28). The molecule has 1 unspecified atom stereocenters. The van der Waals surface area contributed by atoms with E-state index in [2.05, 4.69) is 31.3 Å². The molecular weight excluding hydrogens is 404 g/mol. The third-order valence-electron chi connectivity index (χ3n) is 6.36. The van der Waals surface area contributed by atoms with Crippen LogP contribution in [0.5, 0.6) is 11.5 Å². The van der Waals surface area contributed by atoms with Gasteiger partial charge in [0.05, 0.1) is 14.2 Å². The molecule has 1 atom stereocenters. The summed E-state index contributed by atoms with van der Waals surface area (Å²) in [7, 11) is 3.22. The van der Waals surface area contributed by atoms with Crippen molar-refractivity contribution in [2.24, 2.45) is 0 Å². The minimum Gasteiger partial charge on any atom is -0.493 e. The number of carbonyl (C=O) groups excluding carboxylic acids is 1. The Kier molecular flexibility index (Phi) is 4.96. The van der Waals surface area contributed by atoms with E-state index in [4.69, 9.17) is 19.6 Å². The van der Waals surface area contributed by atoms with Gasteiger partial charge in [0, 0.05) is 23.3 Å². The van der Waals surface area contributed by atoms with Gasteiger partial charge in [0.2, 0.25) is 5.95 Å². The van der Waals surface area contributed by atoms with Crippen LogP contribution in [-0.4, -0.2) is 34.8 Å². The number of aromatic nitrogens is 3. The normalized spacial score (nSPS) is 17.5. The first-order chi connectivity index (χ1) is 15.5. The lowest BCUT2D eigenvalue weighted by Gasteiger charge is -2.32. The van der Waals surface area contributed by atoms with E-state index < -0.39 is 0 Å². The summed E-state index contributed by atoms with van der Waals surface area (Å²) in [5, 5.41) is 8.25. The summed E-state index contributed by atoms with van der Waals surface area (Å²) >= 11 is 0. The Bertz CT molecular complexity index is 1260. The zero-order valence-electron chi connectivity index (χ0n) is 18.7. The lowest BCUT2D eigenvalue weighted by atomic mass is 9.85. The molecule has 7 nitrogen and oxygen atoms in total. The third-order valence-corrected chi connectivity index (χ3v) is 6.36. The largest absolute Gasteiger partial charge is 0.493 e. The SMILES string of the molecule is COc1ccc(C2C3=C(CCCC3=O)Nc3nc(-c4ccc(C)c(C)c4)nn32)cc1OC. The topological polar surface area (TPSA) is 78.3 Å². The zero-order valence-corrected chi connectivity index (χ0v) is 18.7. The molecule has 7 heteroatoms. The first-order valence-electron chi connectivity index (χ1n) is 10.8. The second kappa shape index (κ2) is 7.82. The van der Waals surface area contributed by atoms with Crippen molar-refractivity contribution in [3.05, 3.63) is 64.4 Å². The maximum Gasteiger partial charge on any atom is 0.226 e. The van der Waals surface area contributed by atoms with E-state index in [0.29, 0.717) is 29.7 Å². The lowest BCUT2D eigenvalue weighted by Crippen LogP contribution is -2.31. The van der Waals surface area contributed by atoms with Crippen LogP contribution in [-0.2, 0) is 4.79 Å². The van der Waals surface area contributed by atoms with E-state index in [1.54, 1.807) is 14.2 Å². The predicted molar refractivity (Wildman–Crippen MR) is 122 cm³/mol. The Hall–Kier alpha value is -3.61. The van der Waals surface area contributed by atoms with Gasteiger partial charge in [0.1, 0.15) is 6.04 Å². The van der Waals surface area contributed by atoms with Crippen LogP contribution in [0.1, 0.15) is 42.0 Å². The van der Waals surface area contributed by atoms with Crippen molar-refractivity contribution in [2.75, 3.05) is 19.5 Å². The Morgan fingerprint density at radius 3 is 2.56 bits per heavy atom. The minimum atomic E-state index is -0.373. The van der Waals surface area contributed by atoms with Crippen LogP contribution >= 0.6 is 0 Å². The van der Waals surface area contributed by atoms with Gasteiger partial charge in [0.15, 0.2) is 23.1 Å². The summed E-state index contributed by atoms with van der Waals surface area (Å²) in [6.07, 6.45) is 2.19. The van der Waals surface area contributed by atoms with Crippen molar-refractivity contribution in [1.29, 1.82) is 0 Å². The number of benzene rings is 2. The summed E-state index contributed by atoms with van der Waals surface area (Å²) in [5.41, 5.74) is 5.96. The van der Waals surface area contributed by atoms with E-state index in [9.17, 15) is 4.79 Å². The molecule has 0 spiro atoms. The number of Topliss-reactive ketones (excluding diaryl/α,β-unsaturated/α-hetero) is 1. The second-order valence-electron chi connectivity index (χ2n) is 8.31. The number of methoxy groups -OCH3 is 2. The number of nitrogens with one attached hydrogen (secondary N) is 1. The fraction of sp³-hybridized carbons (Fsp3) is 0.320. The fourth-order valence-electron chi connectivity index (χ4n) is 4.49. The Balaban J connectivity index is 1.67. The molecule has 1 N–H and O–H groups in total. The van der Waals surface area contributed by atoms with Crippen molar-refractivity contribution in [1.82, 2.24) is 14.8 Å². The number of fused-ring (bicyclic) bond motifs is 1. The molecule has 1 aliphatic heterocycles. The highest BCUT2D eigenvalue weighted by Gasteiger charge is 2.37. The van der Waals surface area contributed by atoms with Crippen molar-refractivity contribution in [2.45, 2.75) is 39.2 Å². The van der Waals surface area contributed by atoms with Gasteiger partial charge in [-0.2, -0.15) is 4.98 Å². The third kappa shape index (κ3) is 3.25. The van der Waals surface area contributed by atoms with Gasteiger partial charge in [0.25, 0.3) is 0 Å². The molecule has 2 heterocycles. The number of nitrogens with zero attached hydrogens (tertiary/aromatic N) is 3. The molecule has 5 rings (SSSR count). The molecular formula is C25H26N4O3. The van der Waals surface area contributed by atoms with Crippen LogP contribution in [0.3, 0.4) is 0 Å². The Labute approximate surface area is 187 Å². The number of hydrogen-bond donors (Lipinski definition) is 1. The highest BCUT2D eigenvalue weighted by molar-refractivity contribution is 5.99. The lowest BCUT2D eigenvalue weighted by molar-refractivity contribution is -0.116. The number of aryl methyl sites for hydroxylation is 2. The molecule has 0 bridgehead atoms. The van der Waals surface area contributed by atoms with Gasteiger partial charge in [-0.3, -0.25) is 4.79 Å². The summed E-state index contributed by atoms with van der Waals surface area (Å²) in [6.45, 7) is 4.17. The van der Waals surface area contributed by atoms with E-state index >= 15 is 0 Å². The van der Waals surface area contributed by atoms with Gasteiger partial charge >= 0.3 is 0 Å². The first kappa shape index (κ1) is 20.3. The molecule has 1 aliphatic carbocycles. The molecule has 0 saturated carbocycles. The zero-order chi connectivity index (χ0) is 22.4. The molecule has 2 aliphatic rings. The maximum atomic E-state index is 13.0. The molecule has 3 aromatic rings. The van der Waals surface area contributed by atoms with Crippen LogP contribution in [0, 0.1) is 13.8 Å². The summed E-state index contributed by atoms with van der Waals surface area (Å²) < 4.78 is 12.8. The number of anilines is 1. The number of carbonyl (C=O) groups is 1. The molecule has 1 aromatic heterocycles. The van der Waals surface area contributed by atoms with Crippen molar-refractivity contribution >= 4 is 11.7 Å². The van der Waals surface area contributed by atoms with Gasteiger partial charge in [-0.1, -0.05) is 18.2 Å². The van der Waals surface area contributed by atoms with Gasteiger partial charge in [-0.25, -0.2) is 4.68 Å². The summed E-state index contributed by atoms with van der Waals surface area (Å²) in [5.74, 6) is 2.68. The average Bonchev–Trinajstić information content (AvgIpc) is 3.23. The average molecular weight is 431 g/mol. The number of ketones is 1. The van der Waals surface area contributed by atoms with Gasteiger partial charge in [-0.05, 0) is 61.6 Å². The monoisotopic (exact) mass is 430 g/mol. The van der Waals surface area contributed by atoms with Crippen molar-refractivity contribution in [3.8, 4) is 22.9 Å². The minimum absolute atomic E-state index is 0.146. The summed E-state index contributed by atoms with van der Waals surface area (Å²) in [6, 6.07) is 11.6. The van der Waals surface area contributed by atoms with E-state index in [-0.39, 0.29) is 11.8 Å². The predicted octanol–water partition coefficient (Wildman–Crippen LogP) is 4.60. The number of hydrogen-bond acceptors (Lipinski definition) is 6. The molecule has 164 valence electrons. The number of rotatable bonds is 4. The molecule has 0 fully saturated rings. The van der Waals surface area contributed by atoms with Gasteiger partial charge in [-0.15, -0.1) is 5.10 Å². The fourth-order valence-corrected chi connectivity index (χ4v) is 4.49. The van der Waals surface area contributed by atoms with E-state index in [1.807, 2.05) is 28.9 Å². The molecule has 2 aromatic carbocycles. The van der Waals surface area contributed by atoms with Gasteiger partial charge < -0.3 is 14.8 Å². The summed E-state index contributed by atoms with van der Waals surface area (Å²) in [4.78, 5) is 17.8. The quantitative estimate of drug-likeness (QED) is 0.652. The second-order valence-corrected chi connectivity index (χ2v) is 8.31. The van der Waals surface area contributed by atoms with Crippen LogP contribution in [0.15, 0.2) is 47.7 Å². The highest BCUT2D eigenvalue weighted by Crippen LogP contribution is 2.42. The van der Waals surface area contributed by atoms with Crippen LogP contribution in [0.25, 0.3) is 11.4 Å². The molecule has 0 amide bonds. The van der Waals surface area contributed by atoms with Crippen LogP contribution < -0.4 is 14.8 Å². The van der Waals surface area contributed by atoms with Crippen molar-refractivity contribution in [3.63, 3.8) is 0 Å².